The third kappa shape index (κ3) is 2.88. The minimum atomic E-state index is 0.716. The van der Waals surface area contributed by atoms with Crippen molar-refractivity contribution in [3.05, 3.63) is 47.5 Å². The molecule has 96 valence electrons. The Balaban J connectivity index is 2.03. The van der Waals surface area contributed by atoms with Crippen LogP contribution < -0.4 is 11.3 Å². The van der Waals surface area contributed by atoms with E-state index in [1.165, 1.54) is 5.56 Å². The maximum atomic E-state index is 5.44. The smallest absolute Gasteiger partial charge is 0.144 e. The number of nitrogen functional groups attached to an aromatic ring is 1. The molecule has 0 atom stereocenters. The van der Waals surface area contributed by atoms with E-state index in [9.17, 15) is 0 Å². The zero-order chi connectivity index (χ0) is 13.0. The highest BCUT2D eigenvalue weighted by molar-refractivity contribution is 5.42. The van der Waals surface area contributed by atoms with Gasteiger partial charge in [0, 0.05) is 30.4 Å². The molecule has 2 aromatic heterocycles. The Bertz CT molecular complexity index is 509. The maximum Gasteiger partial charge on any atom is 0.144 e. The summed E-state index contributed by atoms with van der Waals surface area (Å²) in [6.07, 6.45) is 3.44. The number of hydrogen-bond donors (Lipinski definition) is 2. The van der Waals surface area contributed by atoms with Gasteiger partial charge in [0.1, 0.15) is 11.6 Å². The fraction of sp³-hybridized carbons (Fsp3) is 0.308. The lowest BCUT2D eigenvalue weighted by atomic mass is 10.2. The van der Waals surface area contributed by atoms with Crippen molar-refractivity contribution in [2.24, 2.45) is 5.84 Å². The molecule has 2 rings (SSSR count). The van der Waals surface area contributed by atoms with Gasteiger partial charge in [0.15, 0.2) is 0 Å². The molecule has 0 aromatic carbocycles. The zero-order valence-corrected chi connectivity index (χ0v) is 10.7. The highest BCUT2D eigenvalue weighted by atomic mass is 16.3. The second-order valence-electron chi connectivity index (χ2n) is 4.33. The minimum Gasteiger partial charge on any atom is -0.469 e. The SMILES string of the molecule is Cc1occc1CN(C)Cc1cccnc1NN. The van der Waals surface area contributed by atoms with Gasteiger partial charge >= 0.3 is 0 Å². The Morgan fingerprint density at radius 3 is 2.78 bits per heavy atom. The van der Waals surface area contributed by atoms with Crippen molar-refractivity contribution in [1.82, 2.24) is 9.88 Å². The lowest BCUT2D eigenvalue weighted by Crippen LogP contribution is -2.20. The number of hydrogen-bond acceptors (Lipinski definition) is 5. The van der Waals surface area contributed by atoms with Crippen LogP contribution in [0.15, 0.2) is 35.1 Å². The van der Waals surface area contributed by atoms with Crippen LogP contribution in [0.3, 0.4) is 0 Å². The van der Waals surface area contributed by atoms with Crippen LogP contribution in [0.2, 0.25) is 0 Å². The molecule has 2 heterocycles. The van der Waals surface area contributed by atoms with Crippen LogP contribution in [0.1, 0.15) is 16.9 Å². The van der Waals surface area contributed by atoms with E-state index < -0.39 is 0 Å². The Morgan fingerprint density at radius 2 is 2.11 bits per heavy atom. The number of furan rings is 1. The summed E-state index contributed by atoms with van der Waals surface area (Å²) in [5, 5.41) is 0. The lowest BCUT2D eigenvalue weighted by Gasteiger charge is -2.17. The molecule has 3 N–H and O–H groups in total. The number of aromatic nitrogens is 1. The number of rotatable bonds is 5. The molecule has 2 aromatic rings. The summed E-state index contributed by atoms with van der Waals surface area (Å²) in [6.45, 7) is 3.58. The summed E-state index contributed by atoms with van der Waals surface area (Å²) in [5.41, 5.74) is 4.89. The Morgan fingerprint density at radius 1 is 1.33 bits per heavy atom. The van der Waals surface area contributed by atoms with Crippen molar-refractivity contribution in [3.8, 4) is 0 Å². The fourth-order valence-electron chi connectivity index (χ4n) is 1.91. The van der Waals surface area contributed by atoms with Crippen LogP contribution in [-0.4, -0.2) is 16.9 Å². The van der Waals surface area contributed by atoms with E-state index in [-0.39, 0.29) is 0 Å². The first-order chi connectivity index (χ1) is 8.70. The van der Waals surface area contributed by atoms with Gasteiger partial charge < -0.3 is 9.84 Å². The first-order valence-electron chi connectivity index (χ1n) is 5.82. The summed E-state index contributed by atoms with van der Waals surface area (Å²) in [7, 11) is 2.06. The van der Waals surface area contributed by atoms with Crippen LogP contribution >= 0.6 is 0 Å². The highest BCUT2D eigenvalue weighted by Gasteiger charge is 2.08. The topological polar surface area (TPSA) is 67.3 Å². The number of hydrazine groups is 1. The number of nitrogens with one attached hydrogen (secondary N) is 1. The third-order valence-electron chi connectivity index (χ3n) is 2.87. The van der Waals surface area contributed by atoms with Gasteiger partial charge in [0.2, 0.25) is 0 Å². The van der Waals surface area contributed by atoms with E-state index in [0.717, 1.165) is 24.4 Å². The lowest BCUT2D eigenvalue weighted by molar-refractivity contribution is 0.316. The van der Waals surface area contributed by atoms with Crippen molar-refractivity contribution < 1.29 is 4.42 Å². The van der Waals surface area contributed by atoms with E-state index in [2.05, 4.69) is 22.4 Å². The summed E-state index contributed by atoms with van der Waals surface area (Å²) in [4.78, 5) is 6.37. The van der Waals surface area contributed by atoms with E-state index in [0.29, 0.717) is 5.82 Å². The van der Waals surface area contributed by atoms with Crippen molar-refractivity contribution in [2.45, 2.75) is 20.0 Å². The van der Waals surface area contributed by atoms with Crippen LogP contribution in [0.4, 0.5) is 5.82 Å². The molecule has 5 nitrogen and oxygen atoms in total. The van der Waals surface area contributed by atoms with Gasteiger partial charge in [0.05, 0.1) is 6.26 Å². The molecule has 0 saturated heterocycles. The molecule has 0 bridgehead atoms. The van der Waals surface area contributed by atoms with Crippen molar-refractivity contribution in [3.63, 3.8) is 0 Å². The van der Waals surface area contributed by atoms with Crippen LogP contribution in [0, 0.1) is 6.92 Å². The summed E-state index contributed by atoms with van der Waals surface area (Å²) in [5.74, 6) is 7.12. The summed E-state index contributed by atoms with van der Waals surface area (Å²) < 4.78 is 5.29. The van der Waals surface area contributed by atoms with Crippen molar-refractivity contribution in [1.29, 1.82) is 0 Å². The van der Waals surface area contributed by atoms with E-state index >= 15 is 0 Å². The van der Waals surface area contributed by atoms with E-state index in [4.69, 9.17) is 10.3 Å². The number of pyridine rings is 1. The number of nitrogens with zero attached hydrogens (tertiary/aromatic N) is 2. The molecular weight excluding hydrogens is 228 g/mol. The van der Waals surface area contributed by atoms with Gasteiger partial charge in [-0.1, -0.05) is 6.07 Å². The number of anilines is 1. The Labute approximate surface area is 107 Å². The molecule has 0 aliphatic rings. The molecule has 5 heteroatoms. The number of nitrogens with two attached hydrogens (primary N) is 1. The molecular formula is C13H18N4O. The second-order valence-corrected chi connectivity index (χ2v) is 4.33. The van der Waals surface area contributed by atoms with Crippen molar-refractivity contribution in [2.75, 3.05) is 12.5 Å². The Kier molecular flexibility index (Phi) is 3.96. The van der Waals surface area contributed by atoms with Crippen LogP contribution in [-0.2, 0) is 13.1 Å². The molecule has 0 amide bonds. The molecule has 0 spiro atoms. The molecule has 0 aliphatic carbocycles. The Hall–Kier alpha value is -1.85. The second kappa shape index (κ2) is 5.66. The van der Waals surface area contributed by atoms with Gasteiger partial charge in [-0.2, -0.15) is 0 Å². The van der Waals surface area contributed by atoms with Gasteiger partial charge in [-0.05, 0) is 26.1 Å². The molecule has 0 unspecified atom stereocenters. The predicted molar refractivity (Wildman–Crippen MR) is 70.7 cm³/mol. The normalized spacial score (nSPS) is 10.9. The summed E-state index contributed by atoms with van der Waals surface area (Å²) >= 11 is 0. The highest BCUT2D eigenvalue weighted by Crippen LogP contribution is 2.16. The molecule has 0 radical (unpaired) electrons. The van der Waals surface area contributed by atoms with Crippen molar-refractivity contribution >= 4 is 5.82 Å². The molecule has 0 aliphatic heterocycles. The average molecular weight is 246 g/mol. The van der Waals surface area contributed by atoms with Crippen LogP contribution in [0.25, 0.3) is 0 Å². The number of aryl methyl sites for hydroxylation is 1. The van der Waals surface area contributed by atoms with Gasteiger partial charge in [-0.25, -0.2) is 10.8 Å². The first kappa shape index (κ1) is 12.6. The average Bonchev–Trinajstić information content (AvgIpc) is 2.75. The van der Waals surface area contributed by atoms with E-state index in [1.54, 1.807) is 12.5 Å². The summed E-state index contributed by atoms with van der Waals surface area (Å²) in [6, 6.07) is 5.92. The third-order valence-corrected chi connectivity index (χ3v) is 2.87. The minimum absolute atomic E-state index is 0.716. The first-order valence-corrected chi connectivity index (χ1v) is 5.82. The largest absolute Gasteiger partial charge is 0.469 e. The quantitative estimate of drug-likeness (QED) is 0.623. The molecule has 0 fully saturated rings. The standard InChI is InChI=1S/C13H18N4O/c1-10-11(5-7-18-10)8-17(2)9-12-4-3-6-15-13(12)16-14/h3-7H,8-9,14H2,1-2H3,(H,15,16). The molecule has 0 saturated carbocycles. The zero-order valence-electron chi connectivity index (χ0n) is 10.7. The predicted octanol–water partition coefficient (Wildman–Crippen LogP) is 1.90. The van der Waals surface area contributed by atoms with Gasteiger partial charge in [0.25, 0.3) is 0 Å². The molecule has 18 heavy (non-hydrogen) atoms. The van der Waals surface area contributed by atoms with E-state index in [1.807, 2.05) is 25.1 Å². The van der Waals surface area contributed by atoms with Gasteiger partial charge in [-0.3, -0.25) is 4.90 Å². The fourth-order valence-corrected chi connectivity index (χ4v) is 1.91. The van der Waals surface area contributed by atoms with Crippen LogP contribution in [0.5, 0.6) is 0 Å². The monoisotopic (exact) mass is 246 g/mol. The maximum absolute atomic E-state index is 5.44. The van der Waals surface area contributed by atoms with Gasteiger partial charge in [-0.15, -0.1) is 0 Å².